The molecule has 116 valence electrons. The van der Waals surface area contributed by atoms with E-state index in [9.17, 15) is 26.3 Å². The Morgan fingerprint density at radius 2 is 1.75 bits per heavy atom. The van der Waals surface area contributed by atoms with E-state index in [1.54, 1.807) is 0 Å². The van der Waals surface area contributed by atoms with E-state index in [4.69, 9.17) is 11.6 Å². The second kappa shape index (κ2) is 6.41. The van der Waals surface area contributed by atoms with Crippen molar-refractivity contribution in [3.05, 3.63) is 19.8 Å². The highest BCUT2D eigenvalue weighted by molar-refractivity contribution is 9.11. The molecule has 0 bridgehead atoms. The Morgan fingerprint density at radius 1 is 1.25 bits per heavy atom. The first-order valence-corrected chi connectivity index (χ1v) is 7.28. The van der Waals surface area contributed by atoms with Crippen molar-refractivity contribution in [1.29, 1.82) is 0 Å². The molecular formula is C10H9BrClF6NS. The Bertz CT molecular complexity index is 424. The first-order valence-electron chi connectivity index (χ1n) is 5.30. The van der Waals surface area contributed by atoms with Crippen LogP contribution in [0.1, 0.15) is 17.8 Å². The van der Waals surface area contributed by atoms with E-state index in [0.717, 1.165) is 17.4 Å². The van der Waals surface area contributed by atoms with Crippen LogP contribution in [0.5, 0.6) is 0 Å². The largest absolute Gasteiger partial charge is 0.402 e. The highest BCUT2D eigenvalue weighted by atomic mass is 79.9. The average Bonchev–Trinajstić information content (AvgIpc) is 2.54. The van der Waals surface area contributed by atoms with Crippen LogP contribution in [0.4, 0.5) is 26.3 Å². The third kappa shape index (κ3) is 4.25. The molecule has 10 heteroatoms. The predicted molar refractivity (Wildman–Crippen MR) is 69.0 cm³/mol. The lowest BCUT2D eigenvalue weighted by Crippen LogP contribution is -2.45. The maximum atomic E-state index is 12.8. The molecule has 0 aliphatic rings. The van der Waals surface area contributed by atoms with Gasteiger partial charge >= 0.3 is 12.4 Å². The number of rotatable bonds is 4. The summed E-state index contributed by atoms with van der Waals surface area (Å²) in [5, 5.41) is 2.32. The van der Waals surface area contributed by atoms with Gasteiger partial charge in [0, 0.05) is 4.88 Å². The molecule has 1 heterocycles. The smallest absolute Gasteiger partial charge is 0.309 e. The van der Waals surface area contributed by atoms with E-state index in [1.807, 2.05) is 0 Å². The molecule has 1 aromatic rings. The van der Waals surface area contributed by atoms with Crippen molar-refractivity contribution in [3.63, 3.8) is 0 Å². The minimum atomic E-state index is -5.41. The zero-order valence-electron chi connectivity index (χ0n) is 9.87. The van der Waals surface area contributed by atoms with Gasteiger partial charge < -0.3 is 5.32 Å². The normalized spacial score (nSPS) is 14.9. The summed E-state index contributed by atoms with van der Waals surface area (Å²) in [6.07, 6.45) is -10.8. The molecule has 0 spiro atoms. The molecule has 0 fully saturated rings. The van der Waals surface area contributed by atoms with Gasteiger partial charge in [-0.1, -0.05) is 18.5 Å². The van der Waals surface area contributed by atoms with Crippen LogP contribution in [0, 0.1) is 5.92 Å². The van der Waals surface area contributed by atoms with E-state index in [2.05, 4.69) is 21.2 Å². The zero-order valence-corrected chi connectivity index (χ0v) is 13.0. The van der Waals surface area contributed by atoms with Crippen LogP contribution in [0.25, 0.3) is 0 Å². The van der Waals surface area contributed by atoms with E-state index in [0.29, 0.717) is 3.79 Å². The van der Waals surface area contributed by atoms with Crippen molar-refractivity contribution in [2.75, 3.05) is 6.54 Å². The number of nitrogens with one attached hydrogen (secondary N) is 1. The van der Waals surface area contributed by atoms with Crippen molar-refractivity contribution in [3.8, 4) is 0 Å². The summed E-state index contributed by atoms with van der Waals surface area (Å²) >= 11 is 9.41. The minimum Gasteiger partial charge on any atom is -0.309 e. The van der Waals surface area contributed by atoms with Gasteiger partial charge in [0.2, 0.25) is 0 Å². The Balaban J connectivity index is 3.28. The van der Waals surface area contributed by atoms with Crippen LogP contribution < -0.4 is 5.32 Å². The lowest BCUT2D eigenvalue weighted by atomic mass is 9.97. The van der Waals surface area contributed by atoms with Crippen LogP contribution in [0.3, 0.4) is 0 Å². The summed E-state index contributed by atoms with van der Waals surface area (Å²) in [5.74, 6) is -3.49. The first kappa shape index (κ1) is 18.1. The third-order valence-electron chi connectivity index (χ3n) is 2.43. The van der Waals surface area contributed by atoms with E-state index in [-0.39, 0.29) is 16.4 Å². The molecule has 0 radical (unpaired) electrons. The molecule has 1 N–H and O–H groups in total. The van der Waals surface area contributed by atoms with E-state index >= 15 is 0 Å². The maximum absolute atomic E-state index is 12.8. The number of hydrogen-bond donors (Lipinski definition) is 1. The van der Waals surface area contributed by atoms with Gasteiger partial charge in [-0.2, -0.15) is 26.3 Å². The first-order chi connectivity index (χ1) is 8.98. The fraction of sp³-hybridized carbons (Fsp3) is 0.600. The zero-order chi connectivity index (χ0) is 15.7. The van der Waals surface area contributed by atoms with Crippen LogP contribution in [-0.2, 0) is 0 Å². The fourth-order valence-electron chi connectivity index (χ4n) is 1.68. The Kier molecular flexibility index (Phi) is 5.79. The molecule has 20 heavy (non-hydrogen) atoms. The molecule has 0 aliphatic carbocycles. The average molecular weight is 405 g/mol. The molecule has 0 aromatic carbocycles. The highest BCUT2D eigenvalue weighted by Crippen LogP contribution is 2.48. The number of hydrogen-bond acceptors (Lipinski definition) is 2. The van der Waals surface area contributed by atoms with Gasteiger partial charge in [-0.3, -0.25) is 0 Å². The van der Waals surface area contributed by atoms with Gasteiger partial charge in [0.15, 0.2) is 5.92 Å². The van der Waals surface area contributed by atoms with E-state index in [1.165, 1.54) is 6.92 Å². The molecule has 0 saturated heterocycles. The molecule has 1 nitrogen and oxygen atoms in total. The summed E-state index contributed by atoms with van der Waals surface area (Å²) in [5.41, 5.74) is 0. The number of thiophene rings is 1. The summed E-state index contributed by atoms with van der Waals surface area (Å²) in [6, 6.07) is -0.817. The second-order valence-corrected chi connectivity index (χ2v) is 6.68. The Morgan fingerprint density at radius 3 is 2.05 bits per heavy atom. The molecular weight excluding hydrogens is 396 g/mol. The van der Waals surface area contributed by atoms with Crippen molar-refractivity contribution < 1.29 is 26.3 Å². The van der Waals surface area contributed by atoms with Gasteiger partial charge in [0.05, 0.1) is 14.9 Å². The molecule has 1 atom stereocenters. The SMILES string of the molecule is CCNC(c1cc(Cl)c(Br)s1)C(C(F)(F)F)C(F)(F)F. The van der Waals surface area contributed by atoms with Crippen LogP contribution in [0.15, 0.2) is 9.85 Å². The van der Waals surface area contributed by atoms with Gasteiger partial charge in [0.1, 0.15) is 0 Å². The molecule has 0 saturated carbocycles. The monoisotopic (exact) mass is 403 g/mol. The van der Waals surface area contributed by atoms with Gasteiger partial charge in [0.25, 0.3) is 0 Å². The van der Waals surface area contributed by atoms with Gasteiger partial charge in [-0.25, -0.2) is 0 Å². The van der Waals surface area contributed by atoms with Crippen molar-refractivity contribution in [2.24, 2.45) is 5.92 Å². The van der Waals surface area contributed by atoms with Gasteiger partial charge in [-0.05, 0) is 28.5 Å². The minimum absolute atomic E-state index is 0.0412. The van der Waals surface area contributed by atoms with Crippen LogP contribution >= 0.6 is 38.9 Å². The Hall–Kier alpha value is 0.01000. The van der Waals surface area contributed by atoms with Crippen molar-refractivity contribution in [2.45, 2.75) is 25.3 Å². The molecule has 1 rings (SSSR count). The van der Waals surface area contributed by atoms with E-state index < -0.39 is 24.3 Å². The molecule has 1 aromatic heterocycles. The summed E-state index contributed by atoms with van der Waals surface area (Å²) in [6.45, 7) is 1.39. The highest BCUT2D eigenvalue weighted by Gasteiger charge is 2.60. The molecule has 0 aliphatic heterocycles. The quantitative estimate of drug-likeness (QED) is 0.648. The van der Waals surface area contributed by atoms with Crippen molar-refractivity contribution in [1.82, 2.24) is 5.32 Å². The fourth-order valence-corrected chi connectivity index (χ4v) is 3.54. The third-order valence-corrected chi connectivity index (χ3v) is 4.99. The standard InChI is InChI=1S/C10H9BrClF6NS/c1-2-19-6(5-3-4(12)8(11)20-5)7(9(13,14)15)10(16,17)18/h3,6-7,19H,2H2,1H3. The maximum Gasteiger partial charge on any atom is 0.402 e. The lowest BCUT2D eigenvalue weighted by Gasteiger charge is -2.30. The van der Waals surface area contributed by atoms with Crippen LogP contribution in [0.2, 0.25) is 5.02 Å². The molecule has 0 amide bonds. The van der Waals surface area contributed by atoms with Gasteiger partial charge in [-0.15, -0.1) is 11.3 Å². The second-order valence-electron chi connectivity index (χ2n) is 3.87. The lowest BCUT2D eigenvalue weighted by molar-refractivity contribution is -0.292. The summed E-state index contributed by atoms with van der Waals surface area (Å²) < 4.78 is 77.0. The Labute approximate surface area is 128 Å². The summed E-state index contributed by atoms with van der Waals surface area (Å²) in [4.78, 5) is -0.122. The molecule has 1 unspecified atom stereocenters. The predicted octanol–water partition coefficient (Wildman–Crippen LogP) is 5.56. The number of alkyl halides is 6. The summed E-state index contributed by atoms with van der Waals surface area (Å²) in [7, 11) is 0. The van der Waals surface area contributed by atoms with Crippen molar-refractivity contribution >= 4 is 38.9 Å². The van der Waals surface area contributed by atoms with Crippen LogP contribution in [-0.4, -0.2) is 18.9 Å². The number of halogens is 8. The topological polar surface area (TPSA) is 12.0 Å².